The minimum Gasteiger partial charge on any atom is -0.395 e. The van der Waals surface area contributed by atoms with E-state index >= 15 is 0 Å². The summed E-state index contributed by atoms with van der Waals surface area (Å²) in [4.78, 5) is 2.05. The molecule has 2 aromatic rings. The number of hydrogen-bond acceptors (Lipinski definition) is 2. The van der Waals surface area contributed by atoms with Gasteiger partial charge in [0.05, 0.1) is 6.61 Å². The predicted molar refractivity (Wildman–Crippen MR) is 65.5 cm³/mol. The number of rotatable bonds is 3. The van der Waals surface area contributed by atoms with Crippen LogP contribution in [0.2, 0.25) is 0 Å². The van der Waals surface area contributed by atoms with Crippen LogP contribution in [0.5, 0.6) is 0 Å². The molecule has 1 heterocycles. The maximum Gasteiger partial charge on any atom is 0.214 e. The van der Waals surface area contributed by atoms with E-state index in [1.54, 1.807) is 0 Å². The summed E-state index contributed by atoms with van der Waals surface area (Å²) in [5.41, 5.74) is 2.33. The lowest BCUT2D eigenvalue weighted by Crippen LogP contribution is -2.28. The molecule has 0 aliphatic carbocycles. The van der Waals surface area contributed by atoms with E-state index in [2.05, 4.69) is 28.8 Å². The number of aliphatic hydroxyl groups excluding tert-OH is 1. The van der Waals surface area contributed by atoms with Gasteiger partial charge in [-0.2, -0.15) is 0 Å². The molecule has 0 saturated carbocycles. The molecule has 0 aliphatic rings. The fourth-order valence-corrected chi connectivity index (χ4v) is 1.85. The van der Waals surface area contributed by atoms with Gasteiger partial charge in [-0.25, -0.2) is 4.57 Å². The topological polar surface area (TPSA) is 27.3 Å². The quantitative estimate of drug-likeness (QED) is 0.779. The Balaban J connectivity index is 2.46. The van der Waals surface area contributed by atoms with Crippen LogP contribution >= 0.6 is 0 Å². The molecule has 1 aromatic heterocycles. The molecule has 1 aromatic carbocycles. The highest BCUT2D eigenvalue weighted by molar-refractivity contribution is 5.79. The summed E-state index contributed by atoms with van der Waals surface area (Å²) in [5.74, 6) is 0. The smallest absolute Gasteiger partial charge is 0.214 e. The molecular weight excluding hydrogens is 200 g/mol. The highest BCUT2D eigenvalue weighted by Gasteiger charge is 2.07. The molecule has 3 nitrogen and oxygen atoms in total. The van der Waals surface area contributed by atoms with Gasteiger partial charge in [-0.3, -0.25) is 0 Å². The monoisotopic (exact) mass is 217 g/mol. The number of hydrogen-bond donors (Lipinski definition) is 1. The molecular formula is C13H17N2O+. The first-order valence-corrected chi connectivity index (χ1v) is 5.43. The number of aryl methyl sites for hydroxylation is 1. The summed E-state index contributed by atoms with van der Waals surface area (Å²) in [5, 5.41) is 10.1. The van der Waals surface area contributed by atoms with Gasteiger partial charge in [0.2, 0.25) is 5.52 Å². The summed E-state index contributed by atoms with van der Waals surface area (Å²) >= 11 is 0. The Hall–Kier alpha value is -1.61. The van der Waals surface area contributed by atoms with Crippen molar-refractivity contribution in [2.45, 2.75) is 0 Å². The van der Waals surface area contributed by atoms with Gasteiger partial charge in [0.25, 0.3) is 0 Å². The van der Waals surface area contributed by atoms with Crippen molar-refractivity contribution < 1.29 is 9.67 Å². The number of likely N-dealkylation sites (N-methyl/N-ethyl adjacent to an activating group) is 1. The zero-order chi connectivity index (χ0) is 11.5. The Morgan fingerprint density at radius 2 is 2.12 bits per heavy atom. The van der Waals surface area contributed by atoms with Crippen LogP contribution in [0, 0.1) is 0 Å². The van der Waals surface area contributed by atoms with E-state index in [0.717, 1.165) is 5.69 Å². The van der Waals surface area contributed by atoms with Gasteiger partial charge >= 0.3 is 0 Å². The van der Waals surface area contributed by atoms with E-state index in [1.807, 2.05) is 31.3 Å². The van der Waals surface area contributed by atoms with E-state index in [9.17, 15) is 0 Å². The molecule has 1 N–H and O–H groups in total. The summed E-state index contributed by atoms with van der Waals surface area (Å²) in [6, 6.07) is 10.5. The minimum absolute atomic E-state index is 0.176. The highest BCUT2D eigenvalue weighted by atomic mass is 16.3. The molecule has 2 rings (SSSR count). The fraction of sp³-hybridized carbons (Fsp3) is 0.308. The fourth-order valence-electron chi connectivity index (χ4n) is 1.85. The van der Waals surface area contributed by atoms with Crippen LogP contribution in [0.3, 0.4) is 0 Å². The first kappa shape index (κ1) is 10.9. The Kier molecular flexibility index (Phi) is 3.06. The van der Waals surface area contributed by atoms with Crippen molar-refractivity contribution >= 4 is 16.6 Å². The molecule has 84 valence electrons. The summed E-state index contributed by atoms with van der Waals surface area (Å²) < 4.78 is 2.10. The molecule has 0 fully saturated rings. The third-order valence-electron chi connectivity index (χ3n) is 2.86. The summed E-state index contributed by atoms with van der Waals surface area (Å²) in [6.07, 6.45) is 2.04. The predicted octanol–water partition coefficient (Wildman–Crippen LogP) is 1.09. The molecule has 0 aliphatic heterocycles. The van der Waals surface area contributed by atoms with Gasteiger partial charge in [0, 0.05) is 36.8 Å². The number of pyridine rings is 1. The van der Waals surface area contributed by atoms with E-state index < -0.39 is 0 Å². The minimum atomic E-state index is 0.176. The number of benzene rings is 1. The van der Waals surface area contributed by atoms with Gasteiger partial charge in [-0.05, 0) is 18.2 Å². The Morgan fingerprint density at radius 1 is 1.31 bits per heavy atom. The van der Waals surface area contributed by atoms with Crippen LogP contribution in [0.15, 0.2) is 36.5 Å². The van der Waals surface area contributed by atoms with Crippen molar-refractivity contribution in [1.29, 1.82) is 0 Å². The lowest BCUT2D eigenvalue weighted by Gasteiger charge is -2.17. The van der Waals surface area contributed by atoms with Crippen molar-refractivity contribution in [3.8, 4) is 0 Å². The van der Waals surface area contributed by atoms with E-state index in [1.165, 1.54) is 10.9 Å². The van der Waals surface area contributed by atoms with Crippen LogP contribution in [-0.2, 0) is 7.05 Å². The molecule has 16 heavy (non-hydrogen) atoms. The van der Waals surface area contributed by atoms with Crippen molar-refractivity contribution in [2.24, 2.45) is 7.05 Å². The molecule has 0 unspecified atom stereocenters. The zero-order valence-electron chi connectivity index (χ0n) is 9.72. The highest BCUT2D eigenvalue weighted by Crippen LogP contribution is 2.18. The number of fused-ring (bicyclic) bond motifs is 1. The van der Waals surface area contributed by atoms with Gasteiger partial charge in [-0.15, -0.1) is 0 Å². The number of aliphatic hydroxyl groups is 1. The Labute approximate surface area is 95.6 Å². The average Bonchev–Trinajstić information content (AvgIpc) is 2.29. The average molecular weight is 217 g/mol. The van der Waals surface area contributed by atoms with E-state index in [-0.39, 0.29) is 6.61 Å². The Bertz CT molecular complexity index is 496. The number of aromatic nitrogens is 1. The van der Waals surface area contributed by atoms with Crippen LogP contribution in [-0.4, -0.2) is 25.3 Å². The molecule has 0 atom stereocenters. The number of nitrogens with zero attached hydrogens (tertiary/aromatic N) is 2. The van der Waals surface area contributed by atoms with E-state index in [0.29, 0.717) is 6.54 Å². The van der Waals surface area contributed by atoms with Crippen LogP contribution in [0.25, 0.3) is 10.9 Å². The lowest BCUT2D eigenvalue weighted by atomic mass is 10.2. The second-order valence-electron chi connectivity index (χ2n) is 4.01. The number of anilines is 1. The van der Waals surface area contributed by atoms with Crippen molar-refractivity contribution in [3.05, 3.63) is 36.5 Å². The Morgan fingerprint density at radius 3 is 2.88 bits per heavy atom. The maximum atomic E-state index is 8.92. The van der Waals surface area contributed by atoms with Crippen LogP contribution < -0.4 is 9.47 Å². The largest absolute Gasteiger partial charge is 0.395 e. The van der Waals surface area contributed by atoms with Gasteiger partial charge in [0.15, 0.2) is 6.20 Å². The summed E-state index contributed by atoms with van der Waals surface area (Å²) in [6.45, 7) is 0.831. The van der Waals surface area contributed by atoms with Crippen molar-refractivity contribution in [2.75, 3.05) is 25.1 Å². The third-order valence-corrected chi connectivity index (χ3v) is 2.86. The molecule has 0 amide bonds. The zero-order valence-corrected chi connectivity index (χ0v) is 9.72. The first-order valence-electron chi connectivity index (χ1n) is 5.43. The molecule has 0 radical (unpaired) electrons. The van der Waals surface area contributed by atoms with Crippen molar-refractivity contribution in [3.63, 3.8) is 0 Å². The maximum absolute atomic E-state index is 8.92. The third kappa shape index (κ3) is 1.99. The first-order chi connectivity index (χ1) is 7.72. The summed E-state index contributed by atoms with van der Waals surface area (Å²) in [7, 11) is 4.03. The van der Waals surface area contributed by atoms with Crippen LogP contribution in [0.4, 0.5) is 5.69 Å². The van der Waals surface area contributed by atoms with E-state index in [4.69, 9.17) is 5.11 Å². The van der Waals surface area contributed by atoms with Gasteiger partial charge < -0.3 is 10.0 Å². The molecule has 0 saturated heterocycles. The molecule has 0 bridgehead atoms. The van der Waals surface area contributed by atoms with Gasteiger partial charge in [0.1, 0.15) is 7.05 Å². The second kappa shape index (κ2) is 4.49. The van der Waals surface area contributed by atoms with Crippen molar-refractivity contribution in [1.82, 2.24) is 0 Å². The standard InChI is InChI=1S/C13H17N2O/c1-14(8-9-16)12-6-5-11-4-3-7-15(2)13(11)10-12/h3-7,10,16H,8-9H2,1-2H3/q+1. The second-order valence-corrected chi connectivity index (χ2v) is 4.01. The van der Waals surface area contributed by atoms with Crippen LogP contribution in [0.1, 0.15) is 0 Å². The lowest BCUT2D eigenvalue weighted by molar-refractivity contribution is -0.644. The SMILES string of the molecule is CN(CCO)c1ccc2ccc[n+](C)c2c1. The molecule has 3 heteroatoms. The van der Waals surface area contributed by atoms with Gasteiger partial charge in [-0.1, -0.05) is 0 Å². The molecule has 0 spiro atoms. The normalized spacial score (nSPS) is 10.7.